The standard InChI is InChI=1S/C13H13Cl2NOS/c1-2-3-11-12(7-17)18-13(16-11)9-5-4-8(14)6-10(9)15/h4-6,17H,2-3,7H2,1H3. The quantitative estimate of drug-likeness (QED) is 0.898. The molecule has 0 radical (unpaired) electrons. The Balaban J connectivity index is 2.44. The summed E-state index contributed by atoms with van der Waals surface area (Å²) >= 11 is 13.5. The third kappa shape index (κ3) is 2.86. The Morgan fingerprint density at radius 3 is 2.72 bits per heavy atom. The average molecular weight is 302 g/mol. The molecule has 0 spiro atoms. The van der Waals surface area contributed by atoms with Crippen molar-refractivity contribution in [2.24, 2.45) is 0 Å². The highest BCUT2D eigenvalue weighted by molar-refractivity contribution is 7.15. The fraction of sp³-hybridized carbons (Fsp3) is 0.308. The highest BCUT2D eigenvalue weighted by Gasteiger charge is 2.13. The van der Waals surface area contributed by atoms with Gasteiger partial charge in [0, 0.05) is 10.6 Å². The molecule has 0 saturated heterocycles. The van der Waals surface area contributed by atoms with Crippen molar-refractivity contribution in [2.75, 3.05) is 0 Å². The van der Waals surface area contributed by atoms with E-state index in [0.717, 1.165) is 34.0 Å². The van der Waals surface area contributed by atoms with Crippen LogP contribution >= 0.6 is 34.5 Å². The van der Waals surface area contributed by atoms with E-state index in [-0.39, 0.29) is 6.61 Å². The number of aliphatic hydroxyl groups is 1. The summed E-state index contributed by atoms with van der Waals surface area (Å²) < 4.78 is 0. The SMILES string of the molecule is CCCc1nc(-c2ccc(Cl)cc2Cl)sc1CO. The molecule has 0 aliphatic heterocycles. The second kappa shape index (κ2) is 6.02. The summed E-state index contributed by atoms with van der Waals surface area (Å²) in [6.45, 7) is 2.12. The average Bonchev–Trinajstić information content (AvgIpc) is 2.72. The van der Waals surface area contributed by atoms with E-state index in [4.69, 9.17) is 23.2 Å². The van der Waals surface area contributed by atoms with Gasteiger partial charge in [-0.3, -0.25) is 0 Å². The van der Waals surface area contributed by atoms with E-state index < -0.39 is 0 Å². The number of hydrogen-bond donors (Lipinski definition) is 1. The van der Waals surface area contributed by atoms with Crippen molar-refractivity contribution in [3.05, 3.63) is 38.8 Å². The highest BCUT2D eigenvalue weighted by atomic mass is 35.5. The number of aryl methyl sites for hydroxylation is 1. The lowest BCUT2D eigenvalue weighted by molar-refractivity contribution is 0.284. The van der Waals surface area contributed by atoms with Crippen molar-refractivity contribution in [2.45, 2.75) is 26.4 Å². The van der Waals surface area contributed by atoms with Gasteiger partial charge in [-0.15, -0.1) is 11.3 Å². The summed E-state index contributed by atoms with van der Waals surface area (Å²) in [5.41, 5.74) is 1.83. The maximum absolute atomic E-state index is 9.34. The molecule has 1 aromatic heterocycles. The van der Waals surface area contributed by atoms with Crippen LogP contribution in [0, 0.1) is 0 Å². The first kappa shape index (κ1) is 13.8. The molecule has 0 saturated carbocycles. The summed E-state index contributed by atoms with van der Waals surface area (Å²) in [5.74, 6) is 0. The summed E-state index contributed by atoms with van der Waals surface area (Å²) in [4.78, 5) is 5.48. The Morgan fingerprint density at radius 2 is 2.11 bits per heavy atom. The van der Waals surface area contributed by atoms with E-state index in [2.05, 4.69) is 11.9 Å². The molecule has 0 aliphatic rings. The first-order valence-corrected chi connectivity index (χ1v) is 7.27. The lowest BCUT2D eigenvalue weighted by Gasteiger charge is -2.00. The maximum atomic E-state index is 9.34. The molecular weight excluding hydrogens is 289 g/mol. The van der Waals surface area contributed by atoms with Crippen LogP contribution in [0.25, 0.3) is 10.6 Å². The summed E-state index contributed by atoms with van der Waals surface area (Å²) in [6.07, 6.45) is 1.88. The molecule has 96 valence electrons. The van der Waals surface area contributed by atoms with Crippen LogP contribution in [0.5, 0.6) is 0 Å². The maximum Gasteiger partial charge on any atom is 0.125 e. The molecule has 18 heavy (non-hydrogen) atoms. The van der Waals surface area contributed by atoms with Crippen LogP contribution in [0.15, 0.2) is 18.2 Å². The van der Waals surface area contributed by atoms with Crippen molar-refractivity contribution in [3.8, 4) is 10.6 Å². The van der Waals surface area contributed by atoms with Gasteiger partial charge in [0.2, 0.25) is 0 Å². The van der Waals surface area contributed by atoms with Crippen molar-refractivity contribution >= 4 is 34.5 Å². The molecule has 2 rings (SSSR count). The van der Waals surface area contributed by atoms with Gasteiger partial charge in [0.15, 0.2) is 0 Å². The van der Waals surface area contributed by atoms with Gasteiger partial charge in [-0.2, -0.15) is 0 Å². The molecule has 2 aromatic rings. The Labute approximate surface area is 120 Å². The Kier molecular flexibility index (Phi) is 4.62. The third-order valence-corrected chi connectivity index (χ3v) is 4.23. The van der Waals surface area contributed by atoms with Gasteiger partial charge in [-0.1, -0.05) is 36.5 Å². The van der Waals surface area contributed by atoms with E-state index in [0.29, 0.717) is 10.0 Å². The van der Waals surface area contributed by atoms with Gasteiger partial charge in [-0.05, 0) is 24.6 Å². The minimum absolute atomic E-state index is 0.0260. The van der Waals surface area contributed by atoms with Crippen LogP contribution in [0.1, 0.15) is 23.9 Å². The van der Waals surface area contributed by atoms with Crippen molar-refractivity contribution in [1.29, 1.82) is 0 Å². The molecule has 1 aromatic carbocycles. The van der Waals surface area contributed by atoms with E-state index in [1.807, 2.05) is 6.07 Å². The number of halogens is 2. The smallest absolute Gasteiger partial charge is 0.125 e. The molecule has 0 aliphatic carbocycles. The van der Waals surface area contributed by atoms with Crippen molar-refractivity contribution in [3.63, 3.8) is 0 Å². The zero-order valence-electron chi connectivity index (χ0n) is 9.91. The number of aromatic nitrogens is 1. The number of aliphatic hydroxyl groups excluding tert-OH is 1. The topological polar surface area (TPSA) is 33.1 Å². The second-order valence-electron chi connectivity index (χ2n) is 3.92. The van der Waals surface area contributed by atoms with Crippen LogP contribution in [0.3, 0.4) is 0 Å². The van der Waals surface area contributed by atoms with Crippen molar-refractivity contribution < 1.29 is 5.11 Å². The molecule has 0 atom stereocenters. The highest BCUT2D eigenvalue weighted by Crippen LogP contribution is 2.34. The van der Waals surface area contributed by atoms with Crippen LogP contribution in [-0.4, -0.2) is 10.1 Å². The normalized spacial score (nSPS) is 10.9. The van der Waals surface area contributed by atoms with Crippen molar-refractivity contribution in [1.82, 2.24) is 4.98 Å². The van der Waals surface area contributed by atoms with E-state index in [9.17, 15) is 5.11 Å². The molecule has 1 N–H and O–H groups in total. The fourth-order valence-electron chi connectivity index (χ4n) is 1.72. The monoisotopic (exact) mass is 301 g/mol. The van der Waals surface area contributed by atoms with Gasteiger partial charge < -0.3 is 5.11 Å². The number of thiazole rings is 1. The van der Waals surface area contributed by atoms with Gasteiger partial charge in [0.1, 0.15) is 5.01 Å². The number of hydrogen-bond acceptors (Lipinski definition) is 3. The Hall–Kier alpha value is -0.610. The predicted molar refractivity (Wildman–Crippen MR) is 77.5 cm³/mol. The molecule has 5 heteroatoms. The van der Waals surface area contributed by atoms with Gasteiger partial charge in [0.25, 0.3) is 0 Å². The zero-order valence-corrected chi connectivity index (χ0v) is 12.2. The van der Waals surface area contributed by atoms with Crippen LogP contribution in [0.2, 0.25) is 10.0 Å². The summed E-state index contributed by atoms with van der Waals surface area (Å²) in [5, 5.41) is 11.4. The van der Waals surface area contributed by atoms with E-state index >= 15 is 0 Å². The molecule has 0 unspecified atom stereocenters. The molecule has 2 nitrogen and oxygen atoms in total. The Bertz CT molecular complexity index is 554. The van der Waals surface area contributed by atoms with Gasteiger partial charge in [0.05, 0.1) is 22.2 Å². The lowest BCUT2D eigenvalue weighted by atomic mass is 10.2. The first-order valence-electron chi connectivity index (χ1n) is 5.70. The zero-order chi connectivity index (χ0) is 13.1. The number of rotatable bonds is 4. The summed E-state index contributed by atoms with van der Waals surface area (Å²) in [6, 6.07) is 5.36. The number of nitrogens with zero attached hydrogens (tertiary/aromatic N) is 1. The summed E-state index contributed by atoms with van der Waals surface area (Å²) in [7, 11) is 0. The van der Waals surface area contributed by atoms with Gasteiger partial charge in [-0.25, -0.2) is 4.98 Å². The van der Waals surface area contributed by atoms with E-state index in [1.165, 1.54) is 11.3 Å². The lowest BCUT2D eigenvalue weighted by Crippen LogP contribution is -1.89. The largest absolute Gasteiger partial charge is 0.391 e. The van der Waals surface area contributed by atoms with Crippen LogP contribution in [0.4, 0.5) is 0 Å². The van der Waals surface area contributed by atoms with E-state index in [1.54, 1.807) is 12.1 Å². The minimum atomic E-state index is 0.0260. The number of benzene rings is 1. The molecular formula is C13H13Cl2NOS. The first-order chi connectivity index (χ1) is 8.65. The minimum Gasteiger partial charge on any atom is -0.391 e. The predicted octanol–water partition coefficient (Wildman–Crippen LogP) is 4.56. The van der Waals surface area contributed by atoms with Gasteiger partial charge >= 0.3 is 0 Å². The fourth-order valence-corrected chi connectivity index (χ4v) is 3.28. The molecule has 1 heterocycles. The second-order valence-corrected chi connectivity index (χ2v) is 5.85. The third-order valence-electron chi connectivity index (χ3n) is 2.57. The van der Waals surface area contributed by atoms with Crippen LogP contribution in [-0.2, 0) is 13.0 Å². The molecule has 0 fully saturated rings. The Morgan fingerprint density at radius 1 is 1.33 bits per heavy atom. The molecule has 0 bridgehead atoms. The molecule has 0 amide bonds. The van der Waals surface area contributed by atoms with Crippen LogP contribution < -0.4 is 0 Å².